The summed E-state index contributed by atoms with van der Waals surface area (Å²) >= 11 is 0. The molecule has 0 aliphatic rings. The van der Waals surface area contributed by atoms with E-state index < -0.39 is 5.97 Å². The van der Waals surface area contributed by atoms with E-state index in [-0.39, 0.29) is 5.56 Å². The number of aryl methyl sites for hydroxylation is 1. The van der Waals surface area contributed by atoms with Crippen LogP contribution in [0, 0.1) is 6.92 Å². The normalized spacial score (nSPS) is 11.4. The fourth-order valence-electron chi connectivity index (χ4n) is 3.32. The van der Waals surface area contributed by atoms with Crippen LogP contribution in [0.1, 0.15) is 23.9 Å². The second kappa shape index (κ2) is 10.4. The average Bonchev–Trinajstić information content (AvgIpc) is 2.85. The molecule has 0 fully saturated rings. The van der Waals surface area contributed by atoms with Gasteiger partial charge in [0.15, 0.2) is 11.5 Å². The molecule has 0 radical (unpaired) electrons. The maximum Gasteiger partial charge on any atom is 0.336 e. The lowest BCUT2D eigenvalue weighted by molar-refractivity contribution is -0.129. The first-order valence-corrected chi connectivity index (χ1v) is 10.8. The van der Waals surface area contributed by atoms with Crippen LogP contribution in [-0.4, -0.2) is 28.5 Å². The van der Waals surface area contributed by atoms with Crippen LogP contribution in [0.4, 0.5) is 0 Å². The fourth-order valence-corrected chi connectivity index (χ4v) is 3.32. The van der Waals surface area contributed by atoms with Crippen molar-refractivity contribution in [1.82, 2.24) is 9.66 Å². The van der Waals surface area contributed by atoms with E-state index in [1.165, 1.54) is 17.0 Å². The highest BCUT2D eigenvalue weighted by Gasteiger charge is 2.10. The van der Waals surface area contributed by atoms with Gasteiger partial charge in [-0.25, -0.2) is 9.78 Å². The van der Waals surface area contributed by atoms with E-state index in [4.69, 9.17) is 9.47 Å². The van der Waals surface area contributed by atoms with Gasteiger partial charge in [-0.1, -0.05) is 42.5 Å². The Morgan fingerprint density at radius 2 is 1.76 bits per heavy atom. The SMILES string of the molecule is CCOc1cc(C=Nn2c(C)nc3ccccc3c2=O)ccc1OC(=O)/C=C/c1ccccc1. The molecule has 0 saturated carbocycles. The lowest BCUT2D eigenvalue weighted by Crippen LogP contribution is -2.20. The van der Waals surface area contributed by atoms with Crippen molar-refractivity contribution >= 4 is 29.2 Å². The molecule has 0 aliphatic heterocycles. The molecule has 34 heavy (non-hydrogen) atoms. The summed E-state index contributed by atoms with van der Waals surface area (Å²) < 4.78 is 12.4. The molecule has 0 amide bonds. The van der Waals surface area contributed by atoms with Crippen molar-refractivity contribution in [2.24, 2.45) is 5.10 Å². The third-order valence-corrected chi connectivity index (χ3v) is 4.93. The number of fused-ring (bicyclic) bond motifs is 1. The molecule has 1 heterocycles. The lowest BCUT2D eigenvalue weighted by atomic mass is 10.2. The van der Waals surface area contributed by atoms with Gasteiger partial charge in [-0.05, 0) is 61.4 Å². The van der Waals surface area contributed by atoms with Gasteiger partial charge in [0.25, 0.3) is 5.56 Å². The molecule has 0 unspecified atom stereocenters. The minimum absolute atomic E-state index is 0.250. The number of hydrogen-bond acceptors (Lipinski definition) is 6. The number of rotatable bonds is 7. The van der Waals surface area contributed by atoms with E-state index >= 15 is 0 Å². The Morgan fingerprint density at radius 3 is 2.56 bits per heavy atom. The van der Waals surface area contributed by atoms with E-state index in [1.807, 2.05) is 43.3 Å². The molecule has 170 valence electrons. The van der Waals surface area contributed by atoms with Crippen molar-refractivity contribution in [2.75, 3.05) is 6.61 Å². The molecule has 0 bridgehead atoms. The Hall–Kier alpha value is -4.52. The highest BCUT2D eigenvalue weighted by Crippen LogP contribution is 2.28. The summed E-state index contributed by atoms with van der Waals surface area (Å²) in [4.78, 5) is 29.5. The second-order valence-electron chi connectivity index (χ2n) is 7.34. The zero-order valence-corrected chi connectivity index (χ0v) is 18.8. The number of esters is 1. The maximum atomic E-state index is 12.8. The fraction of sp³-hybridized carbons (Fsp3) is 0.111. The molecule has 4 aromatic rings. The standard InChI is InChI=1S/C27H23N3O4/c1-3-33-25-17-21(13-15-24(25)34-26(31)16-14-20-9-5-4-6-10-20)18-28-30-19(2)29-23-12-8-7-11-22(23)27(30)32/h4-18H,3H2,1-2H3/b16-14+,28-18?. The largest absolute Gasteiger partial charge is 0.490 e. The monoisotopic (exact) mass is 453 g/mol. The molecular weight excluding hydrogens is 430 g/mol. The second-order valence-corrected chi connectivity index (χ2v) is 7.34. The Balaban J connectivity index is 1.56. The highest BCUT2D eigenvalue weighted by atomic mass is 16.6. The predicted molar refractivity (Wildman–Crippen MR) is 132 cm³/mol. The summed E-state index contributed by atoms with van der Waals surface area (Å²) in [6, 6.07) is 21.7. The van der Waals surface area contributed by atoms with Crippen molar-refractivity contribution < 1.29 is 14.3 Å². The number of aromatic nitrogens is 2. The summed E-state index contributed by atoms with van der Waals surface area (Å²) in [5.41, 5.74) is 1.94. The zero-order chi connectivity index (χ0) is 23.9. The van der Waals surface area contributed by atoms with Crippen LogP contribution >= 0.6 is 0 Å². The molecule has 4 rings (SSSR count). The van der Waals surface area contributed by atoms with Crippen LogP contribution in [0.3, 0.4) is 0 Å². The number of para-hydroxylation sites is 1. The van der Waals surface area contributed by atoms with Crippen molar-refractivity contribution in [3.8, 4) is 11.5 Å². The molecule has 0 aliphatic carbocycles. The van der Waals surface area contributed by atoms with Crippen molar-refractivity contribution in [3.05, 3.63) is 106 Å². The number of ether oxygens (including phenoxy) is 2. The molecule has 0 saturated heterocycles. The van der Waals surface area contributed by atoms with E-state index in [9.17, 15) is 9.59 Å². The summed E-state index contributed by atoms with van der Waals surface area (Å²) in [6.07, 6.45) is 4.58. The summed E-state index contributed by atoms with van der Waals surface area (Å²) in [5.74, 6) is 0.646. The number of benzene rings is 3. The van der Waals surface area contributed by atoms with Crippen LogP contribution in [0.2, 0.25) is 0 Å². The lowest BCUT2D eigenvalue weighted by Gasteiger charge is -2.10. The third-order valence-electron chi connectivity index (χ3n) is 4.93. The number of nitrogens with zero attached hydrogens (tertiary/aromatic N) is 3. The predicted octanol–water partition coefficient (Wildman–Crippen LogP) is 4.60. The molecular formula is C27H23N3O4. The number of carbonyl (C=O) groups is 1. The average molecular weight is 453 g/mol. The minimum atomic E-state index is -0.518. The number of hydrogen-bond donors (Lipinski definition) is 0. The van der Waals surface area contributed by atoms with E-state index in [0.717, 1.165) is 5.56 Å². The van der Waals surface area contributed by atoms with E-state index in [1.54, 1.807) is 49.4 Å². The highest BCUT2D eigenvalue weighted by molar-refractivity contribution is 5.89. The van der Waals surface area contributed by atoms with Crippen molar-refractivity contribution in [2.45, 2.75) is 13.8 Å². The minimum Gasteiger partial charge on any atom is -0.490 e. The van der Waals surface area contributed by atoms with Gasteiger partial charge in [0.2, 0.25) is 0 Å². The molecule has 7 nitrogen and oxygen atoms in total. The molecule has 0 atom stereocenters. The first kappa shape index (κ1) is 22.7. The van der Waals surface area contributed by atoms with Gasteiger partial charge in [0, 0.05) is 6.08 Å². The Labute approximate surface area is 196 Å². The van der Waals surface area contributed by atoms with Crippen LogP contribution in [0.5, 0.6) is 11.5 Å². The molecule has 0 N–H and O–H groups in total. The first-order valence-electron chi connectivity index (χ1n) is 10.8. The molecule has 1 aromatic heterocycles. The molecule has 0 spiro atoms. The Kier molecular flexibility index (Phi) is 6.93. The summed E-state index contributed by atoms with van der Waals surface area (Å²) in [7, 11) is 0. The smallest absolute Gasteiger partial charge is 0.336 e. The van der Waals surface area contributed by atoms with Gasteiger partial charge in [-0.15, -0.1) is 0 Å². The van der Waals surface area contributed by atoms with Crippen molar-refractivity contribution in [1.29, 1.82) is 0 Å². The van der Waals surface area contributed by atoms with Crippen molar-refractivity contribution in [3.63, 3.8) is 0 Å². The number of carbonyl (C=O) groups excluding carboxylic acids is 1. The van der Waals surface area contributed by atoms with Crippen LogP contribution in [0.25, 0.3) is 17.0 Å². The van der Waals surface area contributed by atoms with Gasteiger partial charge < -0.3 is 9.47 Å². The Bertz CT molecular complexity index is 1440. The Morgan fingerprint density at radius 1 is 1.00 bits per heavy atom. The quantitative estimate of drug-likeness (QED) is 0.177. The van der Waals surface area contributed by atoms with Gasteiger partial charge in [-0.2, -0.15) is 9.78 Å². The van der Waals surface area contributed by atoms with Crippen LogP contribution in [-0.2, 0) is 4.79 Å². The van der Waals surface area contributed by atoms with E-state index in [0.29, 0.717) is 40.4 Å². The topological polar surface area (TPSA) is 82.8 Å². The van der Waals surface area contributed by atoms with Crippen LogP contribution in [0.15, 0.2) is 88.8 Å². The summed E-state index contributed by atoms with van der Waals surface area (Å²) in [5, 5.41) is 4.81. The van der Waals surface area contributed by atoms with Gasteiger partial charge >= 0.3 is 5.97 Å². The van der Waals surface area contributed by atoms with E-state index in [2.05, 4.69) is 10.1 Å². The zero-order valence-electron chi connectivity index (χ0n) is 18.8. The summed E-state index contributed by atoms with van der Waals surface area (Å²) in [6.45, 7) is 3.95. The maximum absolute atomic E-state index is 12.8. The molecule has 7 heteroatoms. The van der Waals surface area contributed by atoms with Gasteiger partial charge in [0.1, 0.15) is 5.82 Å². The molecule has 3 aromatic carbocycles. The van der Waals surface area contributed by atoms with Crippen LogP contribution < -0.4 is 15.0 Å². The van der Waals surface area contributed by atoms with Gasteiger partial charge in [0.05, 0.1) is 23.7 Å². The first-order chi connectivity index (χ1) is 16.5. The third kappa shape index (κ3) is 5.27. The van der Waals surface area contributed by atoms with Gasteiger partial charge in [-0.3, -0.25) is 4.79 Å².